The molecule has 22 heteroatoms. The van der Waals surface area contributed by atoms with E-state index in [1.165, 1.54) is 21.3 Å². The van der Waals surface area contributed by atoms with E-state index in [0.29, 0.717) is 22.8 Å². The lowest BCUT2D eigenvalue weighted by atomic mass is 9.84. The van der Waals surface area contributed by atoms with Gasteiger partial charge in [0, 0.05) is 24.2 Å². The molecule has 55 heavy (non-hydrogen) atoms. The first kappa shape index (κ1) is 42.5. The van der Waals surface area contributed by atoms with Crippen molar-refractivity contribution in [1.82, 2.24) is 0 Å². The largest absolute Gasteiger partial charge is 0.493 e. The summed E-state index contributed by atoms with van der Waals surface area (Å²) in [7, 11) is 4.42. The van der Waals surface area contributed by atoms with Crippen LogP contribution in [0.15, 0.2) is 12.1 Å². The predicted octanol–water partition coefficient (Wildman–Crippen LogP) is -6.07. The summed E-state index contributed by atoms with van der Waals surface area (Å²) in [5, 5.41) is 64.7. The quantitative estimate of drug-likeness (QED) is 0.0938. The van der Waals surface area contributed by atoms with E-state index in [-0.39, 0.29) is 19.6 Å². The lowest BCUT2D eigenvalue weighted by Crippen LogP contribution is -2.69. The van der Waals surface area contributed by atoms with Gasteiger partial charge in [-0.25, -0.2) is 0 Å². The zero-order chi connectivity index (χ0) is 39.9. The number of aliphatic hydroxyl groups excluding tert-OH is 6. The van der Waals surface area contributed by atoms with Gasteiger partial charge in [-0.1, -0.05) is 0 Å². The van der Waals surface area contributed by atoms with Gasteiger partial charge in [0.25, 0.3) is 0 Å². The minimum Gasteiger partial charge on any atom is -0.493 e. The molecule has 5 aliphatic rings. The zero-order valence-electron chi connectivity index (χ0n) is 30.6. The van der Waals surface area contributed by atoms with Gasteiger partial charge in [0.15, 0.2) is 36.7 Å². The first-order chi connectivity index (χ1) is 26.3. The molecule has 0 unspecified atom stereocenters. The van der Waals surface area contributed by atoms with Gasteiger partial charge < -0.3 is 111 Å². The highest BCUT2D eigenvalue weighted by molar-refractivity contribution is 5.54. The highest BCUT2D eigenvalue weighted by atomic mass is 16.8. The summed E-state index contributed by atoms with van der Waals surface area (Å²) in [5.41, 5.74) is 31.4. The molecule has 0 bridgehead atoms. The van der Waals surface area contributed by atoms with Gasteiger partial charge in [-0.3, -0.25) is 0 Å². The molecule has 1 aromatic carbocycles. The number of hydrogen-bond donors (Lipinski definition) is 11. The van der Waals surface area contributed by atoms with Crippen LogP contribution in [0.25, 0.3) is 0 Å². The SMILES string of the molecule is COc1cc([C@@H]2OC[C@H]3O[C@H](O[C@H]4[C@H](O[C@@H]5O[C@H](CO)[C@@H](O[C@H]6O[C@@H](CN)[C@@H](O)[C@H](O)[C@H]6N)[C@H]5O)[C@@H](O)[C@H](N)C[C@@H]4N)[C@H](N)[C@@H](O)[C@@H]3O2)cc(OC)c1OC. The molecule has 0 spiro atoms. The summed E-state index contributed by atoms with van der Waals surface area (Å²) in [5.74, 6) is 1.11. The standard InChI is InChI=1S/C33H55N5O17/c1-45-13-4-10(5-14(46-2)26(13)47-3)30-48-9-17-28(53-30)23(43)19(38)32(51-17)52-25-12(36)6-11(35)20(40)29(25)55-33-24(44)27(16(8-39)50-33)54-31-18(37)22(42)21(41)15(7-34)49-31/h4-5,11-12,15-25,27-33,39-44H,6-9,34-38H2,1-3H3/t11-,12+,15+,16-,17-,18-,19-,20+,21-,22-,23-,24-,25-,27-,28-,29-,30-,31-,32-,33+/m1/s1. The average Bonchev–Trinajstić information content (AvgIpc) is 3.48. The Balaban J connectivity index is 1.14. The van der Waals surface area contributed by atoms with Crippen LogP contribution in [-0.2, 0) is 37.9 Å². The summed E-state index contributed by atoms with van der Waals surface area (Å²) in [6.07, 6.45) is -20.3. The van der Waals surface area contributed by atoms with Crippen molar-refractivity contribution < 1.29 is 82.7 Å². The molecule has 0 radical (unpaired) electrons. The average molecular weight is 794 g/mol. The topological polar surface area (TPSA) is 353 Å². The first-order valence-electron chi connectivity index (χ1n) is 18.0. The minimum atomic E-state index is -1.62. The Labute approximate surface area is 316 Å². The van der Waals surface area contributed by atoms with E-state index in [1.54, 1.807) is 12.1 Å². The first-order valence-corrected chi connectivity index (χ1v) is 18.0. The lowest BCUT2D eigenvalue weighted by molar-refractivity contribution is -0.356. The maximum Gasteiger partial charge on any atom is 0.203 e. The molecule has 0 amide bonds. The van der Waals surface area contributed by atoms with E-state index < -0.39 is 129 Å². The van der Waals surface area contributed by atoms with Crippen molar-refractivity contribution in [3.8, 4) is 17.2 Å². The summed E-state index contributed by atoms with van der Waals surface area (Å²) >= 11 is 0. The van der Waals surface area contributed by atoms with Gasteiger partial charge in [0.2, 0.25) is 5.75 Å². The second kappa shape index (κ2) is 17.8. The van der Waals surface area contributed by atoms with Crippen LogP contribution in [0.2, 0.25) is 0 Å². The monoisotopic (exact) mass is 793 g/mol. The van der Waals surface area contributed by atoms with Gasteiger partial charge in [0.1, 0.15) is 67.1 Å². The summed E-state index contributed by atoms with van der Waals surface area (Å²) in [6.45, 7) is -0.882. The van der Waals surface area contributed by atoms with E-state index in [2.05, 4.69) is 0 Å². The molecule has 4 saturated heterocycles. The van der Waals surface area contributed by atoms with Gasteiger partial charge in [0.05, 0.1) is 52.7 Å². The molecule has 1 aromatic rings. The Hall–Kier alpha value is -2.14. The Morgan fingerprint density at radius 1 is 0.655 bits per heavy atom. The van der Waals surface area contributed by atoms with E-state index in [0.717, 1.165) is 0 Å². The molecule has 1 saturated carbocycles. The van der Waals surface area contributed by atoms with Crippen molar-refractivity contribution in [3.63, 3.8) is 0 Å². The highest BCUT2D eigenvalue weighted by Crippen LogP contribution is 2.43. The van der Waals surface area contributed by atoms with E-state index in [1.807, 2.05) is 0 Å². The Kier molecular flexibility index (Phi) is 13.7. The molecule has 22 nitrogen and oxygen atoms in total. The van der Waals surface area contributed by atoms with Gasteiger partial charge >= 0.3 is 0 Å². The van der Waals surface area contributed by atoms with Crippen LogP contribution in [0.3, 0.4) is 0 Å². The fourth-order valence-electron chi connectivity index (χ4n) is 7.61. The van der Waals surface area contributed by atoms with Crippen molar-refractivity contribution >= 4 is 0 Å². The lowest BCUT2D eigenvalue weighted by Gasteiger charge is -2.49. The van der Waals surface area contributed by atoms with Gasteiger partial charge in [-0.2, -0.15) is 0 Å². The summed E-state index contributed by atoms with van der Waals surface area (Å²) in [6, 6.07) is -0.904. The molecule has 5 fully saturated rings. The molecule has 1 aliphatic carbocycles. The third-order valence-electron chi connectivity index (χ3n) is 10.8. The van der Waals surface area contributed by atoms with Crippen LogP contribution < -0.4 is 42.9 Å². The number of methoxy groups -OCH3 is 3. The van der Waals surface area contributed by atoms with Crippen LogP contribution in [0.5, 0.6) is 17.2 Å². The summed E-state index contributed by atoms with van der Waals surface area (Å²) < 4.78 is 64.2. The van der Waals surface area contributed by atoms with Crippen LogP contribution in [0.1, 0.15) is 18.3 Å². The number of benzene rings is 1. The van der Waals surface area contributed by atoms with Crippen molar-refractivity contribution in [2.75, 3.05) is 41.1 Å². The third kappa shape index (κ3) is 8.27. The van der Waals surface area contributed by atoms with Crippen molar-refractivity contribution in [1.29, 1.82) is 0 Å². The molecule has 4 aliphatic heterocycles. The molecular formula is C33H55N5O17. The maximum atomic E-state index is 11.4. The van der Waals surface area contributed by atoms with Crippen molar-refractivity contribution in [2.45, 2.75) is 129 Å². The van der Waals surface area contributed by atoms with Crippen LogP contribution in [-0.4, -0.2) is 188 Å². The maximum absolute atomic E-state index is 11.4. The Morgan fingerprint density at radius 2 is 1.25 bits per heavy atom. The highest BCUT2D eigenvalue weighted by Gasteiger charge is 2.55. The number of rotatable bonds is 12. The molecule has 6 rings (SSSR count). The van der Waals surface area contributed by atoms with E-state index in [4.69, 9.17) is 80.8 Å². The van der Waals surface area contributed by atoms with E-state index >= 15 is 0 Å². The molecular weight excluding hydrogens is 738 g/mol. The van der Waals surface area contributed by atoms with E-state index in [9.17, 15) is 30.6 Å². The molecule has 314 valence electrons. The second-order valence-corrected chi connectivity index (χ2v) is 14.2. The van der Waals surface area contributed by atoms with Crippen LogP contribution in [0.4, 0.5) is 0 Å². The molecule has 16 N–H and O–H groups in total. The van der Waals surface area contributed by atoms with Crippen molar-refractivity contribution in [2.24, 2.45) is 28.7 Å². The molecule has 20 atom stereocenters. The smallest absolute Gasteiger partial charge is 0.203 e. The number of aliphatic hydroxyl groups is 6. The predicted molar refractivity (Wildman–Crippen MR) is 183 cm³/mol. The number of nitrogens with two attached hydrogens (primary N) is 5. The number of ether oxygens (including phenoxy) is 11. The Bertz CT molecular complexity index is 1390. The summed E-state index contributed by atoms with van der Waals surface area (Å²) in [4.78, 5) is 0. The van der Waals surface area contributed by atoms with Gasteiger partial charge in [-0.15, -0.1) is 0 Å². The molecule has 4 heterocycles. The van der Waals surface area contributed by atoms with Crippen molar-refractivity contribution in [3.05, 3.63) is 17.7 Å². The normalized spacial score (nSPS) is 46.2. The fraction of sp³-hybridized carbons (Fsp3) is 0.818. The second-order valence-electron chi connectivity index (χ2n) is 14.2. The third-order valence-corrected chi connectivity index (χ3v) is 10.8. The van der Waals surface area contributed by atoms with Gasteiger partial charge in [-0.05, 0) is 18.6 Å². The number of fused-ring (bicyclic) bond motifs is 1. The molecule has 0 aromatic heterocycles. The zero-order valence-corrected chi connectivity index (χ0v) is 30.6. The fourth-order valence-corrected chi connectivity index (χ4v) is 7.61. The number of hydrogen-bond acceptors (Lipinski definition) is 22. The Morgan fingerprint density at radius 3 is 1.87 bits per heavy atom. The van der Waals surface area contributed by atoms with Crippen LogP contribution in [0, 0.1) is 0 Å². The minimum absolute atomic E-state index is 0.0534. The van der Waals surface area contributed by atoms with Crippen LogP contribution >= 0.6 is 0 Å².